The van der Waals surface area contributed by atoms with Crippen molar-refractivity contribution in [2.45, 2.75) is 71.8 Å². The largest absolute Gasteiger partial charge is 0.462 e. The Morgan fingerprint density at radius 3 is 2.75 bits per heavy atom. The van der Waals surface area contributed by atoms with Crippen LogP contribution in [0.1, 0.15) is 65.7 Å². The van der Waals surface area contributed by atoms with E-state index in [1.807, 2.05) is 6.08 Å². The van der Waals surface area contributed by atoms with Crippen LogP contribution in [0.3, 0.4) is 0 Å². The number of fused-ring (bicyclic) bond motifs is 5. The lowest BCUT2D eigenvalue weighted by Gasteiger charge is -2.53. The molecule has 0 aromatic rings. The van der Waals surface area contributed by atoms with Gasteiger partial charge in [-0.2, -0.15) is 0 Å². The van der Waals surface area contributed by atoms with Crippen LogP contribution in [0.4, 0.5) is 0 Å². The minimum absolute atomic E-state index is 0.0887. The first-order valence-corrected chi connectivity index (χ1v) is 9.80. The summed E-state index contributed by atoms with van der Waals surface area (Å²) in [6, 6.07) is 0. The quantitative estimate of drug-likeness (QED) is 0.673. The lowest BCUT2D eigenvalue weighted by atomic mass is 9.52. The molecular weight excluding hydrogens is 300 g/mol. The molecule has 0 N–H and O–H groups in total. The minimum Gasteiger partial charge on any atom is -0.462 e. The summed E-state index contributed by atoms with van der Waals surface area (Å²) in [5.74, 6) is 3.50. The Morgan fingerprint density at radius 2 is 2.00 bits per heavy atom. The molecule has 0 bridgehead atoms. The van der Waals surface area contributed by atoms with Crippen LogP contribution < -0.4 is 0 Å². The predicted octanol–water partition coefficient (Wildman–Crippen LogP) is 4.31. The first-order chi connectivity index (χ1) is 11.4. The van der Waals surface area contributed by atoms with Crippen molar-refractivity contribution in [2.75, 3.05) is 0 Å². The monoisotopic (exact) mass is 330 g/mol. The third-order valence-corrected chi connectivity index (χ3v) is 7.82. The number of carbonyl (C=O) groups excluding carboxylic acids is 2. The third kappa shape index (κ3) is 2.38. The number of hydrogen-bond acceptors (Lipinski definition) is 3. The summed E-state index contributed by atoms with van der Waals surface area (Å²) in [4.78, 5) is 23.4. The van der Waals surface area contributed by atoms with Crippen LogP contribution in [0.2, 0.25) is 0 Å². The highest BCUT2D eigenvalue weighted by Crippen LogP contribution is 2.63. The number of rotatable bonds is 1. The number of carbonyl (C=O) groups is 2. The zero-order valence-electron chi connectivity index (χ0n) is 15.2. The van der Waals surface area contributed by atoms with E-state index in [2.05, 4.69) is 13.8 Å². The summed E-state index contributed by atoms with van der Waals surface area (Å²) >= 11 is 0. The Kier molecular flexibility index (Phi) is 3.89. The molecular formula is C21H30O3. The molecule has 4 rings (SSSR count). The summed E-state index contributed by atoms with van der Waals surface area (Å²) < 4.78 is 5.80. The number of hydrogen-bond donors (Lipinski definition) is 0. The van der Waals surface area contributed by atoms with Gasteiger partial charge in [0.05, 0.1) is 0 Å². The minimum atomic E-state index is -0.129. The van der Waals surface area contributed by atoms with Crippen molar-refractivity contribution in [3.63, 3.8) is 0 Å². The van der Waals surface area contributed by atoms with Crippen LogP contribution in [0.25, 0.3) is 0 Å². The average molecular weight is 330 g/mol. The number of esters is 1. The van der Waals surface area contributed by atoms with E-state index < -0.39 is 0 Å². The molecule has 0 spiro atoms. The molecule has 7 atom stereocenters. The van der Waals surface area contributed by atoms with Crippen LogP contribution in [-0.2, 0) is 14.3 Å². The molecule has 3 nitrogen and oxygen atoms in total. The second-order valence-corrected chi connectivity index (χ2v) is 9.09. The molecule has 0 aromatic heterocycles. The van der Waals surface area contributed by atoms with Crippen LogP contribution >= 0.6 is 0 Å². The summed E-state index contributed by atoms with van der Waals surface area (Å²) in [5, 5.41) is 0. The van der Waals surface area contributed by atoms with Gasteiger partial charge >= 0.3 is 5.97 Å². The van der Waals surface area contributed by atoms with Crippen LogP contribution in [-0.4, -0.2) is 17.9 Å². The fraction of sp³-hybridized carbons (Fsp3) is 0.810. The van der Waals surface area contributed by atoms with Gasteiger partial charge in [0.25, 0.3) is 0 Å². The average Bonchev–Trinajstić information content (AvgIpc) is 2.78. The Morgan fingerprint density at radius 1 is 1.21 bits per heavy atom. The van der Waals surface area contributed by atoms with Gasteiger partial charge in [-0.15, -0.1) is 0 Å². The van der Waals surface area contributed by atoms with Crippen molar-refractivity contribution in [2.24, 2.45) is 35.0 Å². The molecule has 0 radical (unpaired) electrons. The Labute approximate surface area is 145 Å². The summed E-state index contributed by atoms with van der Waals surface area (Å²) in [7, 11) is 0. The van der Waals surface area contributed by atoms with Crippen LogP contribution in [0.15, 0.2) is 11.6 Å². The van der Waals surface area contributed by atoms with Crippen molar-refractivity contribution in [1.82, 2.24) is 0 Å². The zero-order valence-corrected chi connectivity index (χ0v) is 15.2. The standard InChI is InChI=1S/C21H30O3/c1-12-10-19-18-6-4-14-11-15(23)5-7-16(14)17(18)8-9-21(19,3)20(12)24-13(2)22/h11-12,16-20H,4-10H2,1-3H3/t12-,16+,17-,18-,19+,20-,21+/m1/s1. The summed E-state index contributed by atoms with van der Waals surface area (Å²) in [5.41, 5.74) is 1.59. The Balaban J connectivity index is 1.60. The number of allylic oxidation sites excluding steroid dienone is 1. The van der Waals surface area contributed by atoms with Gasteiger partial charge in [-0.05, 0) is 74.2 Å². The van der Waals surface area contributed by atoms with E-state index in [0.717, 1.165) is 31.1 Å². The molecule has 0 saturated heterocycles. The first kappa shape index (κ1) is 16.4. The SMILES string of the molecule is CC(=O)O[C@@H]1[C@H](C)C[C@H]2[C@@H]3CCC4=CC(=O)CC[C@@H]4[C@H]3CC[C@]12C. The maximum absolute atomic E-state index is 11.8. The third-order valence-electron chi connectivity index (χ3n) is 7.82. The van der Waals surface area contributed by atoms with Gasteiger partial charge in [0.15, 0.2) is 5.78 Å². The van der Waals surface area contributed by atoms with Gasteiger partial charge in [-0.25, -0.2) is 0 Å². The van der Waals surface area contributed by atoms with Gasteiger partial charge in [-0.1, -0.05) is 19.4 Å². The molecule has 4 aliphatic carbocycles. The van der Waals surface area contributed by atoms with Crippen molar-refractivity contribution in [1.29, 1.82) is 0 Å². The predicted molar refractivity (Wildman–Crippen MR) is 92.2 cm³/mol. The van der Waals surface area contributed by atoms with Crippen molar-refractivity contribution >= 4 is 11.8 Å². The molecule has 0 aromatic carbocycles. The van der Waals surface area contributed by atoms with Crippen molar-refractivity contribution < 1.29 is 14.3 Å². The van der Waals surface area contributed by atoms with E-state index in [1.54, 1.807) is 6.92 Å². The summed E-state index contributed by atoms with van der Waals surface area (Å²) in [6.07, 6.45) is 9.79. The van der Waals surface area contributed by atoms with Gasteiger partial charge in [0.1, 0.15) is 6.10 Å². The molecule has 3 heteroatoms. The van der Waals surface area contributed by atoms with Gasteiger partial charge in [0.2, 0.25) is 0 Å². The van der Waals surface area contributed by atoms with Crippen molar-refractivity contribution in [3.8, 4) is 0 Å². The van der Waals surface area contributed by atoms with Crippen molar-refractivity contribution in [3.05, 3.63) is 11.6 Å². The maximum atomic E-state index is 11.8. The fourth-order valence-electron chi connectivity index (χ4n) is 6.93. The molecule has 0 heterocycles. The highest BCUT2D eigenvalue weighted by molar-refractivity contribution is 5.91. The van der Waals surface area contributed by atoms with Crippen LogP contribution in [0, 0.1) is 35.0 Å². The zero-order chi connectivity index (χ0) is 17.1. The molecule has 3 fully saturated rings. The maximum Gasteiger partial charge on any atom is 0.302 e. The van der Waals surface area contributed by atoms with E-state index in [4.69, 9.17) is 4.74 Å². The Hall–Kier alpha value is -1.12. The smallest absolute Gasteiger partial charge is 0.302 e. The lowest BCUT2D eigenvalue weighted by molar-refractivity contribution is -0.158. The van der Waals surface area contributed by atoms with Gasteiger partial charge < -0.3 is 4.74 Å². The second-order valence-electron chi connectivity index (χ2n) is 9.09. The van der Waals surface area contributed by atoms with E-state index in [0.29, 0.717) is 23.5 Å². The molecule has 3 saturated carbocycles. The van der Waals surface area contributed by atoms with E-state index >= 15 is 0 Å². The Bertz CT molecular complexity index is 592. The highest BCUT2D eigenvalue weighted by atomic mass is 16.5. The lowest BCUT2D eigenvalue weighted by Crippen LogP contribution is -2.48. The van der Waals surface area contributed by atoms with E-state index in [1.165, 1.54) is 31.3 Å². The second kappa shape index (κ2) is 5.71. The van der Waals surface area contributed by atoms with Gasteiger partial charge in [0, 0.05) is 18.8 Å². The number of ether oxygens (including phenoxy) is 1. The molecule has 0 aliphatic heterocycles. The molecule has 0 amide bonds. The first-order valence-electron chi connectivity index (χ1n) is 9.80. The number of ketones is 1. The topological polar surface area (TPSA) is 43.4 Å². The molecule has 132 valence electrons. The highest BCUT2D eigenvalue weighted by Gasteiger charge is 2.59. The van der Waals surface area contributed by atoms with Crippen LogP contribution in [0.5, 0.6) is 0 Å². The van der Waals surface area contributed by atoms with E-state index in [9.17, 15) is 9.59 Å². The molecule has 4 aliphatic rings. The van der Waals surface area contributed by atoms with E-state index in [-0.39, 0.29) is 17.5 Å². The fourth-order valence-corrected chi connectivity index (χ4v) is 6.93. The molecule has 0 unspecified atom stereocenters. The van der Waals surface area contributed by atoms with Gasteiger partial charge in [-0.3, -0.25) is 9.59 Å². The normalized spacial score (nSPS) is 47.3. The molecule has 24 heavy (non-hydrogen) atoms. The summed E-state index contributed by atoms with van der Waals surface area (Å²) in [6.45, 7) is 6.19.